The second-order valence-electron chi connectivity index (χ2n) is 7.94. The van der Waals surface area contributed by atoms with Gasteiger partial charge in [0.05, 0.1) is 5.92 Å². The van der Waals surface area contributed by atoms with Gasteiger partial charge in [0.1, 0.15) is 5.82 Å². The number of ether oxygens (including phenoxy) is 1. The number of anilines is 1. The predicted octanol–water partition coefficient (Wildman–Crippen LogP) is 2.98. The van der Waals surface area contributed by atoms with E-state index in [9.17, 15) is 18.8 Å². The van der Waals surface area contributed by atoms with Gasteiger partial charge in [-0.05, 0) is 42.5 Å². The van der Waals surface area contributed by atoms with Crippen LogP contribution in [0.25, 0.3) is 0 Å². The molecule has 2 amide bonds. The third kappa shape index (κ3) is 4.69. The smallest absolute Gasteiger partial charge is 0.311 e. The first-order valence-electron chi connectivity index (χ1n) is 9.86. The van der Waals surface area contributed by atoms with Crippen LogP contribution in [0.1, 0.15) is 39.5 Å². The van der Waals surface area contributed by atoms with Crippen molar-refractivity contribution in [2.24, 2.45) is 17.8 Å². The molecule has 28 heavy (non-hydrogen) atoms. The monoisotopic (exact) mass is 390 g/mol. The van der Waals surface area contributed by atoms with Gasteiger partial charge in [-0.1, -0.05) is 26.7 Å². The van der Waals surface area contributed by atoms with Crippen molar-refractivity contribution in [3.63, 3.8) is 0 Å². The number of benzene rings is 1. The Balaban J connectivity index is 1.49. The number of likely N-dealkylation sites (tertiary alicyclic amines) is 1. The van der Waals surface area contributed by atoms with Gasteiger partial charge in [-0.2, -0.15) is 0 Å². The summed E-state index contributed by atoms with van der Waals surface area (Å²) >= 11 is 0. The summed E-state index contributed by atoms with van der Waals surface area (Å²) in [6.45, 7) is 4.31. The van der Waals surface area contributed by atoms with Crippen molar-refractivity contribution in [1.82, 2.24) is 4.90 Å². The standard InChI is InChI=1S/C21H27FN2O4/c1-13-4-3-5-18(14(13)2)24-11-15(10-20(24)26)21(27)28-12-19(25)23-17-8-6-16(22)7-9-17/h6-9,13-15,18H,3-5,10-12H2,1-2H3,(H,23,25)/t13-,14+,15+,18+/m0/s1. The number of nitrogens with one attached hydrogen (secondary N) is 1. The maximum atomic E-state index is 12.9. The number of hydrogen-bond acceptors (Lipinski definition) is 4. The van der Waals surface area contributed by atoms with Crippen molar-refractivity contribution < 1.29 is 23.5 Å². The largest absolute Gasteiger partial charge is 0.455 e. The first-order chi connectivity index (χ1) is 13.3. The van der Waals surface area contributed by atoms with Crippen LogP contribution in [-0.2, 0) is 19.1 Å². The van der Waals surface area contributed by atoms with E-state index in [1.54, 1.807) is 0 Å². The number of carbonyl (C=O) groups excluding carboxylic acids is 3. The highest BCUT2D eigenvalue weighted by atomic mass is 19.1. The van der Waals surface area contributed by atoms with E-state index in [1.165, 1.54) is 30.7 Å². The van der Waals surface area contributed by atoms with Gasteiger partial charge in [0.15, 0.2) is 6.61 Å². The highest BCUT2D eigenvalue weighted by molar-refractivity contribution is 5.93. The molecule has 0 unspecified atom stereocenters. The van der Waals surface area contributed by atoms with Gasteiger partial charge in [-0.15, -0.1) is 0 Å². The zero-order valence-corrected chi connectivity index (χ0v) is 16.3. The molecule has 0 aromatic heterocycles. The fourth-order valence-electron chi connectivity index (χ4n) is 4.19. The summed E-state index contributed by atoms with van der Waals surface area (Å²) in [5.41, 5.74) is 0.421. The van der Waals surface area contributed by atoms with Gasteiger partial charge >= 0.3 is 5.97 Å². The molecule has 1 saturated heterocycles. The average molecular weight is 390 g/mol. The van der Waals surface area contributed by atoms with E-state index < -0.39 is 30.2 Å². The lowest BCUT2D eigenvalue weighted by atomic mass is 9.77. The lowest BCUT2D eigenvalue weighted by Gasteiger charge is -2.39. The van der Waals surface area contributed by atoms with Crippen LogP contribution in [0, 0.1) is 23.6 Å². The molecular weight excluding hydrogens is 363 g/mol. The molecule has 1 N–H and O–H groups in total. The Morgan fingerprint density at radius 3 is 2.64 bits per heavy atom. The van der Waals surface area contributed by atoms with E-state index in [0.29, 0.717) is 24.1 Å². The molecule has 1 aromatic rings. The molecule has 1 aliphatic heterocycles. The highest BCUT2D eigenvalue weighted by Crippen LogP contribution is 2.35. The fraction of sp³-hybridized carbons (Fsp3) is 0.571. The topological polar surface area (TPSA) is 75.7 Å². The van der Waals surface area contributed by atoms with Crippen molar-refractivity contribution in [2.45, 2.75) is 45.6 Å². The van der Waals surface area contributed by atoms with E-state index in [0.717, 1.165) is 12.8 Å². The molecule has 3 rings (SSSR count). The van der Waals surface area contributed by atoms with Crippen molar-refractivity contribution >= 4 is 23.5 Å². The lowest BCUT2D eigenvalue weighted by molar-refractivity contribution is -0.151. The molecule has 1 saturated carbocycles. The number of halogens is 1. The Hall–Kier alpha value is -2.44. The zero-order valence-electron chi connectivity index (χ0n) is 16.3. The van der Waals surface area contributed by atoms with Crippen molar-refractivity contribution in [2.75, 3.05) is 18.5 Å². The summed E-state index contributed by atoms with van der Waals surface area (Å²) in [6.07, 6.45) is 3.38. The van der Waals surface area contributed by atoms with E-state index in [-0.39, 0.29) is 18.4 Å². The molecule has 0 radical (unpaired) electrons. The SMILES string of the molecule is C[C@H]1[C@H](N2C[C@H](C(=O)OCC(=O)Nc3ccc(F)cc3)CC2=O)CCC[C@@H]1C. The van der Waals surface area contributed by atoms with Crippen LogP contribution in [0.3, 0.4) is 0 Å². The Morgan fingerprint density at radius 1 is 1.21 bits per heavy atom. The van der Waals surface area contributed by atoms with Crippen LogP contribution in [0.2, 0.25) is 0 Å². The summed E-state index contributed by atoms with van der Waals surface area (Å²) in [7, 11) is 0. The number of carbonyl (C=O) groups is 3. The quantitative estimate of drug-likeness (QED) is 0.785. The zero-order chi connectivity index (χ0) is 20.3. The summed E-state index contributed by atoms with van der Waals surface area (Å²) < 4.78 is 18.0. The van der Waals surface area contributed by atoms with Gasteiger partial charge in [-0.3, -0.25) is 14.4 Å². The van der Waals surface area contributed by atoms with E-state index in [4.69, 9.17) is 4.74 Å². The third-order valence-corrected chi connectivity index (χ3v) is 6.03. The number of amides is 2. The van der Waals surface area contributed by atoms with Gasteiger partial charge in [-0.25, -0.2) is 4.39 Å². The van der Waals surface area contributed by atoms with E-state index in [2.05, 4.69) is 19.2 Å². The minimum Gasteiger partial charge on any atom is -0.455 e. The van der Waals surface area contributed by atoms with Gasteiger partial charge < -0.3 is 15.0 Å². The van der Waals surface area contributed by atoms with Crippen LogP contribution in [0.15, 0.2) is 24.3 Å². The Morgan fingerprint density at radius 2 is 1.93 bits per heavy atom. The number of esters is 1. The van der Waals surface area contributed by atoms with Gasteiger partial charge in [0, 0.05) is 24.7 Å². The van der Waals surface area contributed by atoms with Crippen molar-refractivity contribution in [3.05, 3.63) is 30.1 Å². The molecule has 1 aliphatic carbocycles. The third-order valence-electron chi connectivity index (χ3n) is 6.03. The second-order valence-corrected chi connectivity index (χ2v) is 7.94. The van der Waals surface area contributed by atoms with Crippen LogP contribution >= 0.6 is 0 Å². The molecule has 6 nitrogen and oxygen atoms in total. The van der Waals surface area contributed by atoms with E-state index in [1.807, 2.05) is 4.90 Å². The molecule has 7 heteroatoms. The average Bonchev–Trinajstić information content (AvgIpc) is 3.05. The second kappa shape index (κ2) is 8.71. The molecule has 0 spiro atoms. The fourth-order valence-corrected chi connectivity index (χ4v) is 4.19. The van der Waals surface area contributed by atoms with Crippen molar-refractivity contribution in [1.29, 1.82) is 0 Å². The number of nitrogens with zero attached hydrogens (tertiary/aromatic N) is 1. The lowest BCUT2D eigenvalue weighted by Crippen LogP contribution is -2.45. The Labute approximate surface area is 164 Å². The van der Waals surface area contributed by atoms with Crippen LogP contribution in [-0.4, -0.2) is 41.9 Å². The van der Waals surface area contributed by atoms with Crippen LogP contribution in [0.4, 0.5) is 10.1 Å². The molecule has 2 fully saturated rings. The molecule has 0 bridgehead atoms. The summed E-state index contributed by atoms with van der Waals surface area (Å²) in [5, 5.41) is 2.53. The maximum absolute atomic E-state index is 12.9. The minimum absolute atomic E-state index is 0.0105. The Kier molecular flexibility index (Phi) is 6.31. The molecule has 2 aliphatic rings. The number of rotatable bonds is 5. The molecular formula is C21H27FN2O4. The summed E-state index contributed by atoms with van der Waals surface area (Å²) in [4.78, 5) is 38.5. The van der Waals surface area contributed by atoms with E-state index >= 15 is 0 Å². The maximum Gasteiger partial charge on any atom is 0.311 e. The van der Waals surface area contributed by atoms with Gasteiger partial charge in [0.2, 0.25) is 5.91 Å². The first-order valence-corrected chi connectivity index (χ1v) is 9.86. The van der Waals surface area contributed by atoms with Crippen LogP contribution < -0.4 is 5.32 Å². The van der Waals surface area contributed by atoms with Crippen LogP contribution in [0.5, 0.6) is 0 Å². The van der Waals surface area contributed by atoms with Gasteiger partial charge in [0.25, 0.3) is 5.91 Å². The highest BCUT2D eigenvalue weighted by Gasteiger charge is 2.42. The molecule has 1 aromatic carbocycles. The summed E-state index contributed by atoms with van der Waals surface area (Å²) in [6, 6.07) is 5.49. The Bertz CT molecular complexity index is 736. The van der Waals surface area contributed by atoms with Crippen molar-refractivity contribution in [3.8, 4) is 0 Å². The summed E-state index contributed by atoms with van der Waals surface area (Å²) in [5.74, 6) is -1.00. The molecule has 152 valence electrons. The molecule has 4 atom stereocenters. The predicted molar refractivity (Wildman–Crippen MR) is 102 cm³/mol. The normalized spacial score (nSPS) is 27.5. The first kappa shape index (κ1) is 20.3. The number of hydrogen-bond donors (Lipinski definition) is 1. The molecule has 1 heterocycles. The minimum atomic E-state index is -0.532.